The molecule has 4 rings (SSSR count). The zero-order valence-electron chi connectivity index (χ0n) is 19.3. The molecule has 0 aromatic heterocycles. The van der Waals surface area contributed by atoms with Gasteiger partial charge in [-0.2, -0.15) is 0 Å². The minimum Gasteiger partial charge on any atom is -0.341 e. The van der Waals surface area contributed by atoms with Gasteiger partial charge in [0.2, 0.25) is 11.8 Å². The predicted octanol–water partition coefficient (Wildman–Crippen LogP) is 2.81. The lowest BCUT2D eigenvalue weighted by atomic mass is 9.93. The van der Waals surface area contributed by atoms with Crippen LogP contribution in [-0.2, 0) is 20.8 Å². The van der Waals surface area contributed by atoms with Crippen molar-refractivity contribution in [2.24, 2.45) is 5.92 Å². The Balaban J connectivity index is 1.27. The zero-order valence-corrected chi connectivity index (χ0v) is 19.3. The molecule has 0 unspecified atom stereocenters. The van der Waals surface area contributed by atoms with Crippen LogP contribution < -0.4 is 10.6 Å². The molecular formula is C26H30N4O4. The van der Waals surface area contributed by atoms with Crippen molar-refractivity contribution in [2.45, 2.75) is 38.1 Å². The highest BCUT2D eigenvalue weighted by molar-refractivity contribution is 6.08. The number of carbonyl (C=O) groups is 4. The maximum Gasteiger partial charge on any atom is 0.325 e. The molecule has 0 bridgehead atoms. The first-order valence-electron chi connectivity index (χ1n) is 11.7. The fourth-order valence-corrected chi connectivity index (χ4v) is 4.49. The van der Waals surface area contributed by atoms with Crippen molar-refractivity contribution in [3.63, 3.8) is 0 Å². The van der Waals surface area contributed by atoms with Crippen LogP contribution in [0.4, 0.5) is 10.5 Å². The Hall–Kier alpha value is -3.68. The maximum atomic E-state index is 13.0. The van der Waals surface area contributed by atoms with Crippen molar-refractivity contribution < 1.29 is 19.2 Å². The minimum atomic E-state index is -1.03. The molecule has 0 spiro atoms. The monoisotopic (exact) mass is 462 g/mol. The molecule has 2 aromatic carbocycles. The second-order valence-electron chi connectivity index (χ2n) is 9.15. The molecule has 2 aliphatic heterocycles. The molecule has 34 heavy (non-hydrogen) atoms. The Morgan fingerprint density at radius 1 is 1.00 bits per heavy atom. The smallest absolute Gasteiger partial charge is 0.325 e. The van der Waals surface area contributed by atoms with Gasteiger partial charge in [-0.25, -0.2) is 4.79 Å². The Kier molecular flexibility index (Phi) is 6.95. The molecule has 0 saturated carbocycles. The molecule has 1 atom stereocenters. The van der Waals surface area contributed by atoms with Crippen LogP contribution in [0.3, 0.4) is 0 Å². The Morgan fingerprint density at radius 3 is 2.26 bits per heavy atom. The lowest BCUT2D eigenvalue weighted by molar-refractivity contribution is -0.140. The number of urea groups is 1. The molecular weight excluding hydrogens is 432 g/mol. The Labute approximate surface area is 199 Å². The number of benzene rings is 2. The largest absolute Gasteiger partial charge is 0.341 e. The summed E-state index contributed by atoms with van der Waals surface area (Å²) in [5, 5.41) is 5.68. The second kappa shape index (κ2) is 10.1. The number of nitrogens with one attached hydrogen (secondary N) is 2. The van der Waals surface area contributed by atoms with E-state index in [-0.39, 0.29) is 30.2 Å². The standard InChI is InChI=1S/C26H30N4O4/c1-26(15-12-19-8-4-2-5-9-19)24(33)30(25(34)28-26)18-22(31)29-16-13-20(14-17-29)23(32)27-21-10-6-3-7-11-21/h2-11,20H,12-18H2,1H3,(H,27,32)(H,28,34)/t26-/m0/s1. The van der Waals surface area contributed by atoms with Gasteiger partial charge in [0.05, 0.1) is 0 Å². The summed E-state index contributed by atoms with van der Waals surface area (Å²) in [7, 11) is 0. The van der Waals surface area contributed by atoms with Crippen LogP contribution in [-0.4, -0.2) is 58.7 Å². The highest BCUT2D eigenvalue weighted by atomic mass is 16.2. The van der Waals surface area contributed by atoms with Crippen molar-refractivity contribution in [3.05, 3.63) is 66.2 Å². The number of likely N-dealkylation sites (tertiary alicyclic amines) is 1. The maximum absolute atomic E-state index is 13.0. The summed E-state index contributed by atoms with van der Waals surface area (Å²) in [6, 6.07) is 18.5. The molecule has 8 nitrogen and oxygen atoms in total. The lowest BCUT2D eigenvalue weighted by Gasteiger charge is -2.32. The molecule has 5 amide bonds. The van der Waals surface area contributed by atoms with Gasteiger partial charge >= 0.3 is 6.03 Å². The van der Waals surface area contributed by atoms with Crippen molar-refractivity contribution in [2.75, 3.05) is 25.0 Å². The van der Waals surface area contributed by atoms with Crippen LogP contribution in [0.15, 0.2) is 60.7 Å². The highest BCUT2D eigenvalue weighted by Gasteiger charge is 2.48. The van der Waals surface area contributed by atoms with E-state index in [1.165, 1.54) is 0 Å². The summed E-state index contributed by atoms with van der Waals surface area (Å²) in [4.78, 5) is 53.6. The number of hydrogen-bond donors (Lipinski definition) is 2. The van der Waals surface area contributed by atoms with E-state index >= 15 is 0 Å². The molecule has 0 aliphatic carbocycles. The molecule has 2 saturated heterocycles. The van der Waals surface area contributed by atoms with Gasteiger partial charge in [-0.05, 0) is 50.3 Å². The fraction of sp³-hybridized carbons (Fsp3) is 0.385. The number of aryl methyl sites for hydroxylation is 1. The summed E-state index contributed by atoms with van der Waals surface area (Å²) >= 11 is 0. The van der Waals surface area contributed by atoms with Crippen molar-refractivity contribution in [1.29, 1.82) is 0 Å². The number of rotatable bonds is 7. The van der Waals surface area contributed by atoms with Gasteiger partial charge in [0.25, 0.3) is 5.91 Å². The molecule has 2 N–H and O–H groups in total. The third kappa shape index (κ3) is 5.27. The van der Waals surface area contributed by atoms with Gasteiger partial charge in [-0.3, -0.25) is 19.3 Å². The Bertz CT molecular complexity index is 1050. The van der Waals surface area contributed by atoms with Crippen molar-refractivity contribution >= 4 is 29.4 Å². The van der Waals surface area contributed by atoms with Gasteiger partial charge in [0, 0.05) is 24.7 Å². The highest BCUT2D eigenvalue weighted by Crippen LogP contribution is 2.24. The third-order valence-electron chi connectivity index (χ3n) is 6.65. The quantitative estimate of drug-likeness (QED) is 0.618. The molecule has 2 aliphatic rings. The molecule has 178 valence electrons. The second-order valence-corrected chi connectivity index (χ2v) is 9.15. The summed E-state index contributed by atoms with van der Waals surface area (Å²) in [6.45, 7) is 2.26. The predicted molar refractivity (Wildman–Crippen MR) is 128 cm³/mol. The lowest BCUT2D eigenvalue weighted by Crippen LogP contribution is -2.48. The first-order valence-corrected chi connectivity index (χ1v) is 11.7. The first kappa shape index (κ1) is 23.5. The number of nitrogens with zero attached hydrogens (tertiary/aromatic N) is 2. The number of anilines is 1. The summed E-state index contributed by atoms with van der Waals surface area (Å²) < 4.78 is 0. The van der Waals surface area contributed by atoms with E-state index in [9.17, 15) is 19.2 Å². The van der Waals surface area contributed by atoms with E-state index in [1.54, 1.807) is 11.8 Å². The van der Waals surface area contributed by atoms with Crippen LogP contribution in [0.2, 0.25) is 0 Å². The normalized spacial score (nSPS) is 20.9. The van der Waals surface area contributed by atoms with Crippen LogP contribution in [0.5, 0.6) is 0 Å². The van der Waals surface area contributed by atoms with Crippen LogP contribution in [0.1, 0.15) is 31.7 Å². The SMILES string of the molecule is C[C@@]1(CCc2ccccc2)NC(=O)N(CC(=O)N2CCC(C(=O)Nc3ccccc3)CC2)C1=O. The van der Waals surface area contributed by atoms with E-state index in [0.717, 1.165) is 16.2 Å². The van der Waals surface area contributed by atoms with Crippen molar-refractivity contribution in [3.8, 4) is 0 Å². The van der Waals surface area contributed by atoms with Gasteiger partial charge in [0.1, 0.15) is 12.1 Å². The molecule has 8 heteroatoms. The third-order valence-corrected chi connectivity index (χ3v) is 6.65. The van der Waals surface area contributed by atoms with Crippen LogP contribution >= 0.6 is 0 Å². The fourth-order valence-electron chi connectivity index (χ4n) is 4.49. The summed E-state index contributed by atoms with van der Waals surface area (Å²) in [5.41, 5.74) is 0.801. The van der Waals surface area contributed by atoms with Gasteiger partial charge in [0.15, 0.2) is 0 Å². The Morgan fingerprint density at radius 2 is 1.62 bits per heavy atom. The number of carbonyl (C=O) groups excluding carboxylic acids is 4. The van der Waals surface area contributed by atoms with E-state index in [4.69, 9.17) is 0 Å². The van der Waals surface area contributed by atoms with E-state index in [0.29, 0.717) is 38.8 Å². The van der Waals surface area contributed by atoms with Gasteiger partial charge in [-0.15, -0.1) is 0 Å². The van der Waals surface area contributed by atoms with E-state index in [1.807, 2.05) is 60.7 Å². The van der Waals surface area contributed by atoms with Crippen LogP contribution in [0.25, 0.3) is 0 Å². The number of imide groups is 1. The topological polar surface area (TPSA) is 98.8 Å². The summed E-state index contributed by atoms with van der Waals surface area (Å²) in [6.07, 6.45) is 2.18. The molecule has 2 heterocycles. The molecule has 0 radical (unpaired) electrons. The summed E-state index contributed by atoms with van der Waals surface area (Å²) in [5.74, 6) is -0.888. The average Bonchev–Trinajstić information content (AvgIpc) is 3.07. The number of piperidine rings is 1. The first-order chi connectivity index (χ1) is 16.4. The zero-order chi connectivity index (χ0) is 24.1. The number of amides is 5. The van der Waals surface area contributed by atoms with E-state index in [2.05, 4.69) is 10.6 Å². The minimum absolute atomic E-state index is 0.0541. The molecule has 2 aromatic rings. The van der Waals surface area contributed by atoms with Crippen LogP contribution in [0, 0.1) is 5.92 Å². The van der Waals surface area contributed by atoms with Gasteiger partial charge in [-0.1, -0.05) is 48.5 Å². The van der Waals surface area contributed by atoms with Crippen molar-refractivity contribution in [1.82, 2.24) is 15.1 Å². The van der Waals surface area contributed by atoms with Gasteiger partial charge < -0.3 is 15.5 Å². The van der Waals surface area contributed by atoms with E-state index < -0.39 is 11.6 Å². The molecule has 2 fully saturated rings. The average molecular weight is 463 g/mol. The number of hydrogen-bond acceptors (Lipinski definition) is 4. The number of para-hydroxylation sites is 1.